The van der Waals surface area contributed by atoms with Gasteiger partial charge in [0, 0.05) is 12.1 Å². The third-order valence-corrected chi connectivity index (χ3v) is 2.90. The molecule has 0 spiro atoms. The highest BCUT2D eigenvalue weighted by Crippen LogP contribution is 2.28. The van der Waals surface area contributed by atoms with E-state index in [0.717, 1.165) is 18.5 Å². The number of carbonyl (C=O) groups excluding carboxylic acids is 1. The summed E-state index contributed by atoms with van der Waals surface area (Å²) in [6.07, 6.45) is 2.09. The first-order valence-corrected chi connectivity index (χ1v) is 6.04. The summed E-state index contributed by atoms with van der Waals surface area (Å²) in [5.41, 5.74) is 6.40. The summed E-state index contributed by atoms with van der Waals surface area (Å²) in [6, 6.07) is 3.39. The molecule has 1 aliphatic carbocycles. The van der Waals surface area contributed by atoms with Crippen molar-refractivity contribution in [2.75, 3.05) is 7.11 Å². The van der Waals surface area contributed by atoms with Gasteiger partial charge >= 0.3 is 0 Å². The summed E-state index contributed by atoms with van der Waals surface area (Å²) in [5, 5.41) is 7.92. The fourth-order valence-electron chi connectivity index (χ4n) is 1.75. The fraction of sp³-hybridized carbons (Fsp3) is 0.583. The van der Waals surface area contributed by atoms with Gasteiger partial charge in [0.15, 0.2) is 0 Å². The van der Waals surface area contributed by atoms with Crippen LogP contribution in [0, 0.1) is 0 Å². The van der Waals surface area contributed by atoms with Crippen LogP contribution >= 0.6 is 0 Å². The first-order valence-electron chi connectivity index (χ1n) is 6.04. The molecule has 0 aliphatic heterocycles. The Morgan fingerprint density at radius 3 is 2.72 bits per heavy atom. The zero-order valence-corrected chi connectivity index (χ0v) is 10.7. The van der Waals surface area contributed by atoms with E-state index in [4.69, 9.17) is 10.5 Å². The molecule has 18 heavy (non-hydrogen) atoms. The van der Waals surface area contributed by atoms with Crippen molar-refractivity contribution in [1.29, 1.82) is 0 Å². The van der Waals surface area contributed by atoms with Crippen molar-refractivity contribution in [3.8, 4) is 5.88 Å². The average molecular weight is 250 g/mol. The van der Waals surface area contributed by atoms with E-state index in [-0.39, 0.29) is 5.91 Å². The zero-order valence-electron chi connectivity index (χ0n) is 10.7. The number of nitrogens with two attached hydrogens (primary N) is 1. The van der Waals surface area contributed by atoms with Crippen LogP contribution in [0.15, 0.2) is 12.1 Å². The van der Waals surface area contributed by atoms with Crippen LogP contribution in [0.25, 0.3) is 0 Å². The predicted octanol–water partition coefficient (Wildman–Crippen LogP) is 0.323. The molecular weight excluding hydrogens is 232 g/mol. The van der Waals surface area contributed by atoms with E-state index in [0.29, 0.717) is 18.5 Å². The van der Waals surface area contributed by atoms with E-state index in [1.807, 2.05) is 6.07 Å². The van der Waals surface area contributed by atoms with Crippen molar-refractivity contribution in [1.82, 2.24) is 15.1 Å². The highest BCUT2D eigenvalue weighted by Gasteiger charge is 2.33. The number of aromatic nitrogens is 2. The first-order chi connectivity index (χ1) is 8.61. The summed E-state index contributed by atoms with van der Waals surface area (Å²) in [7, 11) is 1.54. The monoisotopic (exact) mass is 250 g/mol. The fourth-order valence-corrected chi connectivity index (χ4v) is 1.75. The van der Waals surface area contributed by atoms with Crippen molar-refractivity contribution in [3.05, 3.63) is 17.8 Å². The summed E-state index contributed by atoms with van der Waals surface area (Å²) in [5.74, 6) is 0.436. The molecule has 1 saturated carbocycles. The van der Waals surface area contributed by atoms with Gasteiger partial charge in [-0.15, -0.1) is 5.10 Å². The standard InChI is InChI=1S/C12H18N4O2/c1-8(13)12(17)16(10-4-5-10)7-9-3-6-11(18-2)15-14-9/h3,6,8,10H,4-5,7,13H2,1-2H3. The maximum Gasteiger partial charge on any atom is 0.239 e. The maximum atomic E-state index is 12.0. The Kier molecular flexibility index (Phi) is 3.76. The molecule has 98 valence electrons. The number of rotatable bonds is 5. The molecule has 0 radical (unpaired) electrons. The summed E-state index contributed by atoms with van der Waals surface area (Å²) in [6.45, 7) is 2.17. The maximum absolute atomic E-state index is 12.0. The first kappa shape index (κ1) is 12.8. The molecule has 0 aromatic carbocycles. The van der Waals surface area contributed by atoms with E-state index >= 15 is 0 Å². The Hall–Kier alpha value is -1.69. The number of ether oxygens (including phenoxy) is 1. The minimum absolute atomic E-state index is 0.0323. The van der Waals surface area contributed by atoms with Crippen molar-refractivity contribution >= 4 is 5.91 Å². The summed E-state index contributed by atoms with van der Waals surface area (Å²) >= 11 is 0. The molecule has 6 nitrogen and oxygen atoms in total. The Labute approximate surface area is 106 Å². The average Bonchev–Trinajstić information content (AvgIpc) is 3.20. The minimum atomic E-state index is -0.475. The summed E-state index contributed by atoms with van der Waals surface area (Å²) < 4.78 is 4.95. The molecule has 1 unspecified atom stereocenters. The number of methoxy groups -OCH3 is 1. The van der Waals surface area contributed by atoms with Gasteiger partial charge in [-0.1, -0.05) is 0 Å². The molecule has 1 aromatic heterocycles. The van der Waals surface area contributed by atoms with Gasteiger partial charge in [0.05, 0.1) is 25.4 Å². The number of carbonyl (C=O) groups is 1. The molecule has 1 amide bonds. The van der Waals surface area contributed by atoms with E-state index in [2.05, 4.69) is 10.2 Å². The van der Waals surface area contributed by atoms with E-state index < -0.39 is 6.04 Å². The van der Waals surface area contributed by atoms with Crippen molar-refractivity contribution in [3.63, 3.8) is 0 Å². The second-order valence-electron chi connectivity index (χ2n) is 4.55. The Morgan fingerprint density at radius 2 is 2.28 bits per heavy atom. The number of hydrogen-bond acceptors (Lipinski definition) is 5. The highest BCUT2D eigenvalue weighted by atomic mass is 16.5. The smallest absolute Gasteiger partial charge is 0.239 e. The third-order valence-electron chi connectivity index (χ3n) is 2.90. The molecule has 1 aliphatic rings. The molecule has 1 fully saturated rings. The summed E-state index contributed by atoms with van der Waals surface area (Å²) in [4.78, 5) is 13.8. The molecule has 2 rings (SSSR count). The van der Waals surface area contributed by atoms with Gasteiger partial charge in [0.1, 0.15) is 0 Å². The van der Waals surface area contributed by atoms with Gasteiger partial charge in [-0.2, -0.15) is 5.10 Å². The Bertz CT molecular complexity index is 415. The lowest BCUT2D eigenvalue weighted by atomic mass is 10.2. The van der Waals surface area contributed by atoms with Crippen LogP contribution < -0.4 is 10.5 Å². The van der Waals surface area contributed by atoms with Crippen LogP contribution in [0.4, 0.5) is 0 Å². The van der Waals surface area contributed by atoms with Gasteiger partial charge in [-0.25, -0.2) is 0 Å². The number of nitrogens with zero attached hydrogens (tertiary/aromatic N) is 3. The number of amides is 1. The topological polar surface area (TPSA) is 81.3 Å². The molecule has 0 saturated heterocycles. The molecular formula is C12H18N4O2. The van der Waals surface area contributed by atoms with Gasteiger partial charge in [-0.05, 0) is 25.8 Å². The lowest BCUT2D eigenvalue weighted by Crippen LogP contribution is -2.43. The highest BCUT2D eigenvalue weighted by molar-refractivity contribution is 5.81. The number of hydrogen-bond donors (Lipinski definition) is 1. The van der Waals surface area contributed by atoms with E-state index in [1.165, 1.54) is 0 Å². The van der Waals surface area contributed by atoms with Crippen LogP contribution in [-0.4, -0.2) is 40.2 Å². The van der Waals surface area contributed by atoms with Gasteiger partial charge in [0.2, 0.25) is 11.8 Å². The molecule has 6 heteroatoms. The van der Waals surface area contributed by atoms with Crippen LogP contribution in [-0.2, 0) is 11.3 Å². The molecule has 1 aromatic rings. The molecule has 2 N–H and O–H groups in total. The van der Waals surface area contributed by atoms with Gasteiger partial charge < -0.3 is 15.4 Å². The molecule has 1 heterocycles. The van der Waals surface area contributed by atoms with Gasteiger partial charge in [0.25, 0.3) is 0 Å². The minimum Gasteiger partial charge on any atom is -0.480 e. The second kappa shape index (κ2) is 5.30. The van der Waals surface area contributed by atoms with Gasteiger partial charge in [-0.3, -0.25) is 4.79 Å². The Balaban J connectivity index is 2.06. The van der Waals surface area contributed by atoms with Crippen LogP contribution in [0.2, 0.25) is 0 Å². The zero-order chi connectivity index (χ0) is 13.1. The SMILES string of the molecule is COc1ccc(CN(C(=O)C(C)N)C2CC2)nn1. The predicted molar refractivity (Wildman–Crippen MR) is 65.8 cm³/mol. The normalized spacial score (nSPS) is 16.2. The van der Waals surface area contributed by atoms with Crippen molar-refractivity contribution < 1.29 is 9.53 Å². The van der Waals surface area contributed by atoms with Crippen molar-refractivity contribution in [2.24, 2.45) is 5.73 Å². The van der Waals surface area contributed by atoms with Crippen LogP contribution in [0.5, 0.6) is 5.88 Å². The van der Waals surface area contributed by atoms with Crippen LogP contribution in [0.1, 0.15) is 25.5 Å². The molecule has 0 bridgehead atoms. The molecule has 1 atom stereocenters. The van der Waals surface area contributed by atoms with E-state index in [9.17, 15) is 4.79 Å². The van der Waals surface area contributed by atoms with Crippen molar-refractivity contribution in [2.45, 2.75) is 38.4 Å². The lowest BCUT2D eigenvalue weighted by Gasteiger charge is -2.23. The quantitative estimate of drug-likeness (QED) is 0.814. The largest absolute Gasteiger partial charge is 0.480 e. The Morgan fingerprint density at radius 1 is 1.56 bits per heavy atom. The van der Waals surface area contributed by atoms with E-state index in [1.54, 1.807) is 25.0 Å². The second-order valence-corrected chi connectivity index (χ2v) is 4.55. The third kappa shape index (κ3) is 2.95. The lowest BCUT2D eigenvalue weighted by molar-refractivity contribution is -0.133. The van der Waals surface area contributed by atoms with Crippen LogP contribution in [0.3, 0.4) is 0 Å².